The zero-order chi connectivity index (χ0) is 15.2. The normalized spacial score (nSPS) is 12.5. The molecule has 0 aliphatic carbocycles. The average Bonchev–Trinajstić information content (AvgIpc) is 2.95. The van der Waals surface area contributed by atoms with Crippen LogP contribution in [-0.4, -0.2) is 33.2 Å². The highest BCUT2D eigenvalue weighted by Gasteiger charge is 2.07. The van der Waals surface area contributed by atoms with E-state index in [1.165, 1.54) is 22.2 Å². The number of fused-ring (bicyclic) bond motifs is 1. The molecule has 0 fully saturated rings. The lowest BCUT2D eigenvalue weighted by molar-refractivity contribution is -0.121. The Morgan fingerprint density at radius 2 is 2.38 bits per heavy atom. The molecule has 0 aliphatic heterocycles. The van der Waals surface area contributed by atoms with E-state index < -0.39 is 0 Å². The fourth-order valence-electron chi connectivity index (χ4n) is 1.95. The lowest BCUT2D eigenvalue weighted by atomic mass is 10.2. The smallest absolute Gasteiger partial charge is 0.262 e. The van der Waals surface area contributed by atoms with Gasteiger partial charge in [-0.15, -0.1) is 11.3 Å². The van der Waals surface area contributed by atoms with Crippen molar-refractivity contribution in [3.05, 3.63) is 28.1 Å². The van der Waals surface area contributed by atoms with Gasteiger partial charge < -0.3 is 10.4 Å². The van der Waals surface area contributed by atoms with E-state index in [-0.39, 0.29) is 24.0 Å². The van der Waals surface area contributed by atoms with Gasteiger partial charge in [-0.2, -0.15) is 0 Å². The van der Waals surface area contributed by atoms with Crippen molar-refractivity contribution in [2.75, 3.05) is 6.54 Å². The topological polar surface area (TPSA) is 84.2 Å². The summed E-state index contributed by atoms with van der Waals surface area (Å²) in [6.07, 6.45) is 2.55. The van der Waals surface area contributed by atoms with E-state index in [0.29, 0.717) is 36.1 Å². The Labute approximate surface area is 126 Å². The molecule has 0 aromatic carbocycles. The fourth-order valence-corrected chi connectivity index (χ4v) is 2.67. The van der Waals surface area contributed by atoms with E-state index in [1.54, 1.807) is 6.07 Å². The first-order valence-corrected chi connectivity index (χ1v) is 7.87. The minimum absolute atomic E-state index is 0.115. The van der Waals surface area contributed by atoms with Crippen LogP contribution in [0.5, 0.6) is 0 Å². The number of nitrogens with one attached hydrogen (secondary N) is 1. The zero-order valence-electron chi connectivity index (χ0n) is 11.9. The molecule has 1 amide bonds. The predicted molar refractivity (Wildman–Crippen MR) is 82.4 cm³/mol. The van der Waals surface area contributed by atoms with Crippen molar-refractivity contribution in [3.8, 4) is 0 Å². The summed E-state index contributed by atoms with van der Waals surface area (Å²) in [4.78, 5) is 28.7. The molecular weight excluding hydrogens is 290 g/mol. The molecule has 0 saturated carbocycles. The summed E-state index contributed by atoms with van der Waals surface area (Å²) in [5, 5.41) is 14.5. The minimum atomic E-state index is -0.377. The second kappa shape index (κ2) is 7.33. The second-order valence-electron chi connectivity index (χ2n) is 4.83. The van der Waals surface area contributed by atoms with Gasteiger partial charge in [-0.05, 0) is 24.3 Å². The number of carbonyl (C=O) groups is 1. The Hall–Kier alpha value is -1.73. The Morgan fingerprint density at radius 3 is 3.14 bits per heavy atom. The highest BCUT2D eigenvalue weighted by Crippen LogP contribution is 2.13. The van der Waals surface area contributed by atoms with Crippen LogP contribution < -0.4 is 10.9 Å². The third kappa shape index (κ3) is 4.12. The van der Waals surface area contributed by atoms with Gasteiger partial charge in [0.25, 0.3) is 5.56 Å². The number of rotatable bonds is 7. The van der Waals surface area contributed by atoms with E-state index in [4.69, 9.17) is 0 Å². The van der Waals surface area contributed by atoms with Gasteiger partial charge >= 0.3 is 0 Å². The van der Waals surface area contributed by atoms with Gasteiger partial charge in [0.05, 0.1) is 17.8 Å². The molecule has 2 aromatic rings. The molecule has 0 saturated heterocycles. The third-order valence-electron chi connectivity index (χ3n) is 3.30. The van der Waals surface area contributed by atoms with Crippen LogP contribution in [0.1, 0.15) is 26.2 Å². The van der Waals surface area contributed by atoms with Gasteiger partial charge in [0.1, 0.15) is 4.83 Å². The lowest BCUT2D eigenvalue weighted by Crippen LogP contribution is -2.29. The summed E-state index contributed by atoms with van der Waals surface area (Å²) in [6, 6.07) is 1.75. The van der Waals surface area contributed by atoms with E-state index in [1.807, 2.05) is 12.3 Å². The molecule has 0 radical (unpaired) electrons. The molecule has 6 nitrogen and oxygen atoms in total. The molecule has 2 N–H and O–H groups in total. The monoisotopic (exact) mass is 309 g/mol. The maximum Gasteiger partial charge on any atom is 0.262 e. The molecule has 0 spiro atoms. The summed E-state index contributed by atoms with van der Waals surface area (Å²) >= 11 is 1.42. The Morgan fingerprint density at radius 1 is 1.57 bits per heavy atom. The van der Waals surface area contributed by atoms with Crippen molar-refractivity contribution >= 4 is 27.5 Å². The number of aryl methyl sites for hydroxylation is 1. The molecule has 0 bridgehead atoms. The summed E-state index contributed by atoms with van der Waals surface area (Å²) in [5.74, 6) is -0.129. The molecule has 0 aliphatic rings. The maximum atomic E-state index is 12.1. The fraction of sp³-hybridized carbons (Fsp3) is 0.500. The number of amides is 1. The van der Waals surface area contributed by atoms with Crippen molar-refractivity contribution in [1.29, 1.82) is 0 Å². The first-order valence-electron chi connectivity index (χ1n) is 6.99. The third-order valence-corrected chi connectivity index (χ3v) is 4.12. The van der Waals surface area contributed by atoms with Crippen molar-refractivity contribution in [2.45, 2.75) is 38.8 Å². The summed E-state index contributed by atoms with van der Waals surface area (Å²) in [6.45, 7) is 2.65. The largest absolute Gasteiger partial charge is 0.393 e. The molecular formula is C14H19N3O3S. The van der Waals surface area contributed by atoms with Gasteiger partial charge in [-0.3, -0.25) is 14.2 Å². The van der Waals surface area contributed by atoms with E-state index in [9.17, 15) is 14.7 Å². The van der Waals surface area contributed by atoms with Gasteiger partial charge in [0.2, 0.25) is 5.91 Å². The Bertz CT molecular complexity index is 665. The number of aromatic nitrogens is 2. The van der Waals surface area contributed by atoms with Gasteiger partial charge in [0.15, 0.2) is 0 Å². The number of hydrogen-bond donors (Lipinski definition) is 2. The average molecular weight is 309 g/mol. The molecule has 2 aromatic heterocycles. The van der Waals surface area contributed by atoms with Crippen LogP contribution in [0.4, 0.5) is 0 Å². The van der Waals surface area contributed by atoms with Crippen LogP contribution in [0.25, 0.3) is 10.2 Å². The number of thiophene rings is 1. The first-order chi connectivity index (χ1) is 10.1. The number of nitrogens with zero attached hydrogens (tertiary/aromatic N) is 2. The molecule has 7 heteroatoms. The zero-order valence-corrected chi connectivity index (χ0v) is 12.7. The van der Waals surface area contributed by atoms with Crippen molar-refractivity contribution in [1.82, 2.24) is 14.9 Å². The molecule has 1 atom stereocenters. The summed E-state index contributed by atoms with van der Waals surface area (Å²) in [7, 11) is 0. The summed E-state index contributed by atoms with van der Waals surface area (Å²) < 4.78 is 1.45. The van der Waals surface area contributed by atoms with Crippen molar-refractivity contribution in [2.24, 2.45) is 0 Å². The van der Waals surface area contributed by atoms with Crippen LogP contribution in [0.15, 0.2) is 22.6 Å². The van der Waals surface area contributed by atoms with Crippen molar-refractivity contribution < 1.29 is 9.90 Å². The maximum absolute atomic E-state index is 12.1. The van der Waals surface area contributed by atoms with Crippen LogP contribution in [-0.2, 0) is 11.3 Å². The molecule has 2 rings (SSSR count). The number of aliphatic hydroxyl groups excluding tert-OH is 1. The Balaban J connectivity index is 1.85. The second-order valence-corrected chi connectivity index (χ2v) is 5.73. The minimum Gasteiger partial charge on any atom is -0.393 e. The highest BCUT2D eigenvalue weighted by atomic mass is 32.1. The number of hydrogen-bond acceptors (Lipinski definition) is 5. The molecule has 114 valence electrons. The van der Waals surface area contributed by atoms with E-state index in [0.717, 1.165) is 0 Å². The standard InChI is InChI=1S/C14H19N3O3S/c1-2-10(18)3-6-15-12(19)4-7-17-9-16-13-11(14(17)20)5-8-21-13/h5,8-10,18H,2-4,6-7H2,1H3,(H,15,19). The van der Waals surface area contributed by atoms with Crippen molar-refractivity contribution in [3.63, 3.8) is 0 Å². The van der Waals surface area contributed by atoms with Gasteiger partial charge in [-0.25, -0.2) is 4.98 Å². The van der Waals surface area contributed by atoms with Gasteiger partial charge in [-0.1, -0.05) is 6.92 Å². The SMILES string of the molecule is CCC(O)CCNC(=O)CCn1cnc2sccc2c1=O. The van der Waals surface area contributed by atoms with E-state index in [2.05, 4.69) is 10.3 Å². The highest BCUT2D eigenvalue weighted by molar-refractivity contribution is 7.16. The van der Waals surface area contributed by atoms with Crippen LogP contribution in [0.2, 0.25) is 0 Å². The van der Waals surface area contributed by atoms with Crippen LogP contribution in [0, 0.1) is 0 Å². The summed E-state index contributed by atoms with van der Waals surface area (Å²) in [5.41, 5.74) is -0.115. The molecule has 1 unspecified atom stereocenters. The lowest BCUT2D eigenvalue weighted by Gasteiger charge is -2.09. The number of aliphatic hydroxyl groups is 1. The number of carbonyl (C=O) groups excluding carboxylic acids is 1. The molecule has 2 heterocycles. The predicted octanol–water partition coefficient (Wildman–Crippen LogP) is 1.13. The first kappa shape index (κ1) is 15.7. The van der Waals surface area contributed by atoms with Crippen LogP contribution in [0.3, 0.4) is 0 Å². The van der Waals surface area contributed by atoms with Crippen LogP contribution >= 0.6 is 11.3 Å². The molecule has 21 heavy (non-hydrogen) atoms. The Kier molecular flexibility index (Phi) is 5.46. The van der Waals surface area contributed by atoms with Gasteiger partial charge in [0, 0.05) is 19.5 Å². The van der Waals surface area contributed by atoms with E-state index >= 15 is 0 Å². The quantitative estimate of drug-likeness (QED) is 0.803.